The monoisotopic (exact) mass is 260 g/mol. The number of aromatic nitrogens is 1. The molecular weight excluding hydrogens is 244 g/mol. The number of anilines is 2. The lowest BCUT2D eigenvalue weighted by Crippen LogP contribution is -2.48. The summed E-state index contributed by atoms with van der Waals surface area (Å²) in [7, 11) is 0. The number of hydrogen-bond donors (Lipinski definition) is 2. The van der Waals surface area contributed by atoms with E-state index in [1.807, 2.05) is 4.90 Å². The summed E-state index contributed by atoms with van der Waals surface area (Å²) in [4.78, 5) is 17.8. The van der Waals surface area contributed by atoms with E-state index in [1.165, 1.54) is 0 Å². The first kappa shape index (κ1) is 11.8. The Balaban J connectivity index is 1.99. The Hall–Kier alpha value is -2.24. The van der Waals surface area contributed by atoms with E-state index < -0.39 is 0 Å². The second-order valence-electron chi connectivity index (χ2n) is 4.83. The van der Waals surface area contributed by atoms with Gasteiger partial charge >= 0.3 is 0 Å². The molecule has 3 rings (SSSR count). The number of nitrogen functional groups attached to an aromatic ring is 1. The third kappa shape index (κ3) is 2.09. The molecule has 1 aromatic carbocycles. The molecule has 0 aliphatic carbocycles. The Bertz CT molecular complexity index is 622. The van der Waals surface area contributed by atoms with Crippen LogP contribution in [-0.4, -0.2) is 23.5 Å². The van der Waals surface area contributed by atoms with Crippen LogP contribution in [0.5, 0.6) is 0 Å². The lowest BCUT2D eigenvalue weighted by molar-refractivity contribution is -0.119. The summed E-state index contributed by atoms with van der Waals surface area (Å²) in [5, 5.41) is 0. The molecule has 0 saturated carbocycles. The minimum Gasteiger partial charge on any atom is -0.423 e. The molecule has 6 heteroatoms. The average molecular weight is 260 g/mol. The molecule has 19 heavy (non-hydrogen) atoms. The van der Waals surface area contributed by atoms with Gasteiger partial charge in [-0.15, -0.1) is 0 Å². The molecule has 1 saturated heterocycles. The largest absolute Gasteiger partial charge is 0.423 e. The molecule has 2 heterocycles. The van der Waals surface area contributed by atoms with Crippen LogP contribution in [-0.2, 0) is 4.79 Å². The lowest BCUT2D eigenvalue weighted by atomic mass is 10.0. The molecule has 4 N–H and O–H groups in total. The van der Waals surface area contributed by atoms with Crippen LogP contribution >= 0.6 is 0 Å². The molecule has 2 aromatic rings. The highest BCUT2D eigenvalue weighted by molar-refractivity contribution is 5.84. The second-order valence-corrected chi connectivity index (χ2v) is 4.83. The summed E-state index contributed by atoms with van der Waals surface area (Å²) >= 11 is 0. The Labute approximate surface area is 110 Å². The van der Waals surface area contributed by atoms with E-state index >= 15 is 0 Å². The van der Waals surface area contributed by atoms with Crippen molar-refractivity contribution >= 4 is 28.7 Å². The first-order chi connectivity index (χ1) is 9.15. The summed E-state index contributed by atoms with van der Waals surface area (Å²) in [6, 6.07) is 5.43. The van der Waals surface area contributed by atoms with E-state index in [9.17, 15) is 4.79 Å². The Morgan fingerprint density at radius 3 is 3.05 bits per heavy atom. The number of hydrogen-bond acceptors (Lipinski definition) is 5. The number of amides is 1. The van der Waals surface area contributed by atoms with Crippen LogP contribution in [0.3, 0.4) is 0 Å². The third-order valence-electron chi connectivity index (χ3n) is 3.48. The van der Waals surface area contributed by atoms with Crippen LogP contribution in [0.2, 0.25) is 0 Å². The number of carbonyl (C=O) groups excluding carboxylic acids is 1. The van der Waals surface area contributed by atoms with Crippen molar-refractivity contribution in [1.29, 1.82) is 0 Å². The molecule has 6 nitrogen and oxygen atoms in total. The van der Waals surface area contributed by atoms with E-state index in [4.69, 9.17) is 15.9 Å². The minimum absolute atomic E-state index is 0.332. The number of nitrogens with two attached hydrogens (primary N) is 2. The summed E-state index contributed by atoms with van der Waals surface area (Å²) in [5.41, 5.74) is 13.1. The SMILES string of the molecule is NC(=O)C1CCCCN1c1nc2ccc(N)cc2o1. The molecule has 100 valence electrons. The zero-order chi connectivity index (χ0) is 13.4. The number of fused-ring (bicyclic) bond motifs is 1. The van der Waals surface area contributed by atoms with Crippen molar-refractivity contribution in [3.63, 3.8) is 0 Å². The number of rotatable bonds is 2. The van der Waals surface area contributed by atoms with Crippen molar-refractivity contribution < 1.29 is 9.21 Å². The smallest absolute Gasteiger partial charge is 0.299 e. The summed E-state index contributed by atoms with van der Waals surface area (Å²) in [6.45, 7) is 0.732. The van der Waals surface area contributed by atoms with Crippen molar-refractivity contribution in [3.8, 4) is 0 Å². The van der Waals surface area contributed by atoms with Gasteiger partial charge in [-0.1, -0.05) is 0 Å². The topological polar surface area (TPSA) is 98.4 Å². The minimum atomic E-state index is -0.334. The quantitative estimate of drug-likeness (QED) is 0.792. The van der Waals surface area contributed by atoms with Gasteiger partial charge in [0.15, 0.2) is 5.58 Å². The van der Waals surface area contributed by atoms with Gasteiger partial charge in [0.25, 0.3) is 6.01 Å². The van der Waals surface area contributed by atoms with E-state index in [2.05, 4.69) is 4.98 Å². The first-order valence-electron chi connectivity index (χ1n) is 6.37. The maximum absolute atomic E-state index is 11.5. The van der Waals surface area contributed by atoms with Crippen molar-refractivity contribution in [1.82, 2.24) is 4.98 Å². The molecule has 0 radical (unpaired) electrons. The number of oxazole rings is 1. The maximum atomic E-state index is 11.5. The van der Waals surface area contributed by atoms with Crippen molar-refractivity contribution in [2.75, 3.05) is 17.2 Å². The fourth-order valence-corrected chi connectivity index (χ4v) is 2.51. The summed E-state index contributed by atoms with van der Waals surface area (Å²) < 4.78 is 5.70. The molecule has 1 fully saturated rings. The molecule has 0 bridgehead atoms. The number of primary amides is 1. The molecule has 1 amide bonds. The average Bonchev–Trinajstić information content (AvgIpc) is 2.81. The zero-order valence-corrected chi connectivity index (χ0v) is 10.5. The summed E-state index contributed by atoms with van der Waals surface area (Å²) in [5.74, 6) is -0.332. The number of carbonyl (C=O) groups is 1. The zero-order valence-electron chi connectivity index (χ0n) is 10.5. The fourth-order valence-electron chi connectivity index (χ4n) is 2.51. The van der Waals surface area contributed by atoms with Crippen LogP contribution in [0.25, 0.3) is 11.1 Å². The number of piperidine rings is 1. The van der Waals surface area contributed by atoms with E-state index in [0.29, 0.717) is 17.3 Å². The number of benzene rings is 1. The highest BCUT2D eigenvalue weighted by Gasteiger charge is 2.30. The standard InChI is InChI=1S/C13H16N4O2/c14-8-4-5-9-11(7-8)19-13(16-9)17-6-2-1-3-10(17)12(15)18/h4-5,7,10H,1-3,6,14H2,(H2,15,18). The van der Waals surface area contributed by atoms with Gasteiger partial charge in [-0.3, -0.25) is 4.79 Å². The Morgan fingerprint density at radius 1 is 1.42 bits per heavy atom. The molecule has 0 spiro atoms. The van der Waals surface area contributed by atoms with Crippen LogP contribution in [0.4, 0.5) is 11.7 Å². The van der Waals surface area contributed by atoms with E-state index in [0.717, 1.165) is 31.3 Å². The molecule has 1 aromatic heterocycles. The Morgan fingerprint density at radius 2 is 2.26 bits per heavy atom. The van der Waals surface area contributed by atoms with Crippen LogP contribution in [0.1, 0.15) is 19.3 Å². The van der Waals surface area contributed by atoms with Crippen LogP contribution < -0.4 is 16.4 Å². The fraction of sp³-hybridized carbons (Fsp3) is 0.385. The lowest BCUT2D eigenvalue weighted by Gasteiger charge is -2.32. The van der Waals surface area contributed by atoms with Crippen molar-refractivity contribution in [2.24, 2.45) is 5.73 Å². The van der Waals surface area contributed by atoms with Gasteiger partial charge in [-0.2, -0.15) is 4.98 Å². The highest BCUT2D eigenvalue weighted by Crippen LogP contribution is 2.28. The molecule has 1 atom stereocenters. The normalized spacial score (nSPS) is 19.8. The van der Waals surface area contributed by atoms with Crippen molar-refractivity contribution in [2.45, 2.75) is 25.3 Å². The van der Waals surface area contributed by atoms with Crippen molar-refractivity contribution in [3.05, 3.63) is 18.2 Å². The van der Waals surface area contributed by atoms with E-state index in [-0.39, 0.29) is 11.9 Å². The van der Waals surface area contributed by atoms with Gasteiger partial charge < -0.3 is 20.8 Å². The van der Waals surface area contributed by atoms with Gasteiger partial charge in [-0.25, -0.2) is 0 Å². The predicted octanol–water partition coefficient (Wildman–Crippen LogP) is 1.25. The summed E-state index contributed by atoms with van der Waals surface area (Å²) in [6.07, 6.45) is 2.75. The third-order valence-corrected chi connectivity index (χ3v) is 3.48. The Kier molecular flexibility index (Phi) is 2.77. The molecule has 1 unspecified atom stereocenters. The number of nitrogens with zero attached hydrogens (tertiary/aromatic N) is 2. The van der Waals surface area contributed by atoms with Gasteiger partial charge in [-0.05, 0) is 31.4 Å². The van der Waals surface area contributed by atoms with E-state index in [1.54, 1.807) is 18.2 Å². The maximum Gasteiger partial charge on any atom is 0.299 e. The van der Waals surface area contributed by atoms with Crippen LogP contribution in [0.15, 0.2) is 22.6 Å². The highest BCUT2D eigenvalue weighted by atomic mass is 16.4. The van der Waals surface area contributed by atoms with Gasteiger partial charge in [0.2, 0.25) is 5.91 Å². The predicted molar refractivity (Wildman–Crippen MR) is 72.6 cm³/mol. The first-order valence-corrected chi connectivity index (χ1v) is 6.37. The molecule has 1 aliphatic rings. The van der Waals surface area contributed by atoms with Crippen LogP contribution in [0, 0.1) is 0 Å². The van der Waals surface area contributed by atoms with Gasteiger partial charge in [0, 0.05) is 18.3 Å². The molecule has 1 aliphatic heterocycles. The molecular formula is C13H16N4O2. The second kappa shape index (κ2) is 4.46. The van der Waals surface area contributed by atoms with Gasteiger partial charge in [0.1, 0.15) is 11.6 Å². The van der Waals surface area contributed by atoms with Gasteiger partial charge in [0.05, 0.1) is 0 Å².